The van der Waals surface area contributed by atoms with Crippen molar-refractivity contribution in [2.45, 2.75) is 19.3 Å². The van der Waals surface area contributed by atoms with Gasteiger partial charge in [0, 0.05) is 32.7 Å². The van der Waals surface area contributed by atoms with Crippen LogP contribution in [-0.2, 0) is 9.53 Å². The first-order valence-electron chi connectivity index (χ1n) is 6.16. The topological polar surface area (TPSA) is 32.8 Å². The Kier molecular flexibility index (Phi) is 3.50. The minimum Gasteiger partial charge on any atom is -0.469 e. The number of rotatable bonds is 3. The molecule has 1 aliphatic heterocycles. The van der Waals surface area contributed by atoms with Gasteiger partial charge in [0.25, 0.3) is 0 Å². The van der Waals surface area contributed by atoms with E-state index in [1.807, 2.05) is 0 Å². The lowest BCUT2D eigenvalue weighted by atomic mass is 9.68. The minimum absolute atomic E-state index is 0.00215. The zero-order valence-corrected chi connectivity index (χ0v) is 10.4. The van der Waals surface area contributed by atoms with Crippen molar-refractivity contribution in [3.8, 4) is 0 Å². The summed E-state index contributed by atoms with van der Waals surface area (Å²) in [6, 6.07) is 0. The fourth-order valence-corrected chi connectivity index (χ4v) is 2.68. The highest BCUT2D eigenvalue weighted by molar-refractivity contribution is 5.78. The molecule has 0 spiro atoms. The monoisotopic (exact) mass is 226 g/mol. The lowest BCUT2D eigenvalue weighted by Gasteiger charge is -2.44. The number of piperazine rings is 1. The van der Waals surface area contributed by atoms with Crippen LogP contribution >= 0.6 is 0 Å². The Balaban J connectivity index is 1.89. The Morgan fingerprint density at radius 1 is 1.25 bits per heavy atom. The van der Waals surface area contributed by atoms with Crippen LogP contribution in [-0.4, -0.2) is 62.7 Å². The highest BCUT2D eigenvalue weighted by Crippen LogP contribution is 2.42. The highest BCUT2D eigenvalue weighted by Gasteiger charge is 2.46. The van der Waals surface area contributed by atoms with Crippen molar-refractivity contribution >= 4 is 5.97 Å². The smallest absolute Gasteiger partial charge is 0.313 e. The van der Waals surface area contributed by atoms with Gasteiger partial charge in [-0.3, -0.25) is 9.69 Å². The molecular formula is C12H22N2O2. The van der Waals surface area contributed by atoms with Gasteiger partial charge in [0.1, 0.15) is 0 Å². The summed E-state index contributed by atoms with van der Waals surface area (Å²) in [5.74, 6) is -0.00215. The van der Waals surface area contributed by atoms with E-state index in [0.29, 0.717) is 0 Å². The Morgan fingerprint density at radius 3 is 2.31 bits per heavy atom. The SMILES string of the molecule is COC(=O)C1(CN2CCN(C)CC2)CCC1. The zero-order valence-electron chi connectivity index (χ0n) is 10.4. The first kappa shape index (κ1) is 11.9. The molecule has 2 aliphatic rings. The minimum atomic E-state index is -0.176. The summed E-state index contributed by atoms with van der Waals surface area (Å²) in [6.45, 7) is 5.27. The highest BCUT2D eigenvalue weighted by atomic mass is 16.5. The number of ether oxygens (including phenoxy) is 1. The first-order valence-corrected chi connectivity index (χ1v) is 6.16. The molecule has 0 amide bonds. The summed E-state index contributed by atoms with van der Waals surface area (Å²) in [7, 11) is 3.66. The van der Waals surface area contributed by atoms with Crippen LogP contribution in [0.2, 0.25) is 0 Å². The molecule has 0 atom stereocenters. The number of nitrogens with zero attached hydrogens (tertiary/aromatic N) is 2. The molecule has 1 heterocycles. The lowest BCUT2D eigenvalue weighted by molar-refractivity contribution is -0.160. The van der Waals surface area contributed by atoms with Gasteiger partial charge in [-0.15, -0.1) is 0 Å². The van der Waals surface area contributed by atoms with Crippen LogP contribution < -0.4 is 0 Å². The van der Waals surface area contributed by atoms with E-state index in [1.54, 1.807) is 0 Å². The van der Waals surface area contributed by atoms with Crippen molar-refractivity contribution in [2.24, 2.45) is 5.41 Å². The number of hydrogen-bond acceptors (Lipinski definition) is 4. The van der Waals surface area contributed by atoms with E-state index in [9.17, 15) is 4.79 Å². The van der Waals surface area contributed by atoms with E-state index in [-0.39, 0.29) is 11.4 Å². The molecule has 1 saturated heterocycles. The van der Waals surface area contributed by atoms with Gasteiger partial charge in [-0.05, 0) is 19.9 Å². The Bertz CT molecular complexity index is 256. The molecule has 4 nitrogen and oxygen atoms in total. The third kappa shape index (κ3) is 2.23. The quantitative estimate of drug-likeness (QED) is 0.659. The maximum Gasteiger partial charge on any atom is 0.313 e. The molecule has 0 radical (unpaired) electrons. The third-order valence-corrected chi connectivity index (χ3v) is 4.05. The maximum absolute atomic E-state index is 11.8. The van der Waals surface area contributed by atoms with Crippen LogP contribution in [0.3, 0.4) is 0 Å². The summed E-state index contributed by atoms with van der Waals surface area (Å²) in [5, 5.41) is 0. The van der Waals surface area contributed by atoms with Gasteiger partial charge in [-0.2, -0.15) is 0 Å². The second-order valence-corrected chi connectivity index (χ2v) is 5.20. The van der Waals surface area contributed by atoms with Gasteiger partial charge < -0.3 is 9.64 Å². The molecule has 0 bridgehead atoms. The predicted octanol–water partition coefficient (Wildman–Crippen LogP) is 0.577. The Hall–Kier alpha value is -0.610. The van der Waals surface area contributed by atoms with E-state index in [2.05, 4.69) is 16.8 Å². The van der Waals surface area contributed by atoms with Crippen LogP contribution in [0.15, 0.2) is 0 Å². The molecule has 0 aromatic heterocycles. The Morgan fingerprint density at radius 2 is 1.88 bits per heavy atom. The van der Waals surface area contributed by atoms with Crippen LogP contribution in [0, 0.1) is 5.41 Å². The number of likely N-dealkylation sites (N-methyl/N-ethyl adjacent to an activating group) is 1. The molecule has 0 unspecified atom stereocenters. The molecule has 0 aromatic carbocycles. The number of carbonyl (C=O) groups is 1. The number of esters is 1. The Labute approximate surface area is 97.5 Å². The molecule has 2 fully saturated rings. The third-order valence-electron chi connectivity index (χ3n) is 4.05. The maximum atomic E-state index is 11.8. The van der Waals surface area contributed by atoms with E-state index in [1.165, 1.54) is 13.5 Å². The van der Waals surface area contributed by atoms with Gasteiger partial charge in [-0.1, -0.05) is 6.42 Å². The van der Waals surface area contributed by atoms with Crippen LogP contribution in [0.1, 0.15) is 19.3 Å². The lowest BCUT2D eigenvalue weighted by Crippen LogP contribution is -2.53. The molecule has 0 N–H and O–H groups in total. The summed E-state index contributed by atoms with van der Waals surface area (Å²) in [6.07, 6.45) is 3.18. The summed E-state index contributed by atoms with van der Waals surface area (Å²) >= 11 is 0. The first-order chi connectivity index (χ1) is 7.66. The molecule has 1 aliphatic carbocycles. The normalized spacial score (nSPS) is 26.1. The summed E-state index contributed by atoms with van der Waals surface area (Å²) in [5.41, 5.74) is -0.176. The van der Waals surface area contributed by atoms with Gasteiger partial charge in [0.2, 0.25) is 0 Å². The second-order valence-electron chi connectivity index (χ2n) is 5.20. The average Bonchev–Trinajstić information content (AvgIpc) is 2.25. The van der Waals surface area contributed by atoms with Crippen molar-refractivity contribution in [1.82, 2.24) is 9.80 Å². The van der Waals surface area contributed by atoms with E-state index in [0.717, 1.165) is 45.6 Å². The van der Waals surface area contributed by atoms with Crippen molar-refractivity contribution < 1.29 is 9.53 Å². The van der Waals surface area contributed by atoms with Gasteiger partial charge in [-0.25, -0.2) is 0 Å². The van der Waals surface area contributed by atoms with Crippen molar-refractivity contribution in [3.63, 3.8) is 0 Å². The van der Waals surface area contributed by atoms with Crippen LogP contribution in [0.5, 0.6) is 0 Å². The van der Waals surface area contributed by atoms with Crippen molar-refractivity contribution in [1.29, 1.82) is 0 Å². The van der Waals surface area contributed by atoms with Crippen LogP contribution in [0.25, 0.3) is 0 Å². The summed E-state index contributed by atoms with van der Waals surface area (Å²) in [4.78, 5) is 16.5. The number of carbonyl (C=O) groups excluding carboxylic acids is 1. The van der Waals surface area contributed by atoms with E-state index >= 15 is 0 Å². The average molecular weight is 226 g/mol. The fourth-order valence-electron chi connectivity index (χ4n) is 2.68. The standard InChI is InChI=1S/C12H22N2O2/c1-13-6-8-14(9-7-13)10-12(4-3-5-12)11(15)16-2/h3-10H2,1-2H3. The number of hydrogen-bond donors (Lipinski definition) is 0. The largest absolute Gasteiger partial charge is 0.469 e. The van der Waals surface area contributed by atoms with Crippen LogP contribution in [0.4, 0.5) is 0 Å². The van der Waals surface area contributed by atoms with Crippen molar-refractivity contribution in [3.05, 3.63) is 0 Å². The molecule has 16 heavy (non-hydrogen) atoms. The molecule has 4 heteroatoms. The van der Waals surface area contributed by atoms with Gasteiger partial charge in [0.05, 0.1) is 12.5 Å². The van der Waals surface area contributed by atoms with Gasteiger partial charge in [0.15, 0.2) is 0 Å². The molecular weight excluding hydrogens is 204 g/mol. The fraction of sp³-hybridized carbons (Fsp3) is 0.917. The van der Waals surface area contributed by atoms with E-state index in [4.69, 9.17) is 4.74 Å². The van der Waals surface area contributed by atoms with Crippen molar-refractivity contribution in [2.75, 3.05) is 46.9 Å². The molecule has 92 valence electrons. The molecule has 2 rings (SSSR count). The second kappa shape index (κ2) is 4.72. The van der Waals surface area contributed by atoms with Gasteiger partial charge >= 0.3 is 5.97 Å². The summed E-state index contributed by atoms with van der Waals surface area (Å²) < 4.78 is 4.94. The van der Waals surface area contributed by atoms with E-state index < -0.39 is 0 Å². The zero-order chi connectivity index (χ0) is 11.6. The molecule has 0 aromatic rings. The molecule has 1 saturated carbocycles. The predicted molar refractivity (Wildman–Crippen MR) is 62.2 cm³/mol. The number of methoxy groups -OCH3 is 1.